The molecule has 1 atom stereocenters. The van der Waals surface area contributed by atoms with E-state index in [2.05, 4.69) is 23.4 Å². The van der Waals surface area contributed by atoms with Crippen LogP contribution in [0.15, 0.2) is 0 Å². The SMILES string of the molecule is [CH2]OCC(F)(Cl)C(F)(F)F. The molecule has 0 rings (SSSR count). The maximum atomic E-state index is 12.1. The van der Waals surface area contributed by atoms with Crippen LogP contribution in [0.4, 0.5) is 17.6 Å². The van der Waals surface area contributed by atoms with Crippen LogP contribution in [-0.4, -0.2) is 17.9 Å². The van der Waals surface area contributed by atoms with E-state index in [-0.39, 0.29) is 0 Å². The van der Waals surface area contributed by atoms with Gasteiger partial charge >= 0.3 is 11.3 Å². The molecule has 0 aromatic rings. The minimum absolute atomic E-state index is 1.31. The Morgan fingerprint density at radius 3 is 1.80 bits per heavy atom. The van der Waals surface area contributed by atoms with E-state index < -0.39 is 17.9 Å². The molecule has 0 aromatic carbocycles. The number of hydrogen-bond donors (Lipinski definition) is 0. The average molecular weight is 180 g/mol. The lowest BCUT2D eigenvalue weighted by Crippen LogP contribution is -2.39. The van der Waals surface area contributed by atoms with Gasteiger partial charge in [0.2, 0.25) is 0 Å². The fourth-order valence-electron chi connectivity index (χ4n) is 0.210. The lowest BCUT2D eigenvalue weighted by Gasteiger charge is -2.19. The first-order chi connectivity index (χ1) is 4.31. The Morgan fingerprint density at radius 1 is 1.30 bits per heavy atom. The smallest absolute Gasteiger partial charge is 0.374 e. The molecule has 0 saturated carbocycles. The Morgan fingerprint density at radius 2 is 1.70 bits per heavy atom. The number of ether oxygens (including phenoxy) is 1. The van der Waals surface area contributed by atoms with Gasteiger partial charge in [-0.15, -0.1) is 0 Å². The molecule has 0 aromatic heterocycles. The molecule has 61 valence electrons. The molecule has 0 spiro atoms. The standard InChI is InChI=1S/C4H4ClF4O/c1-10-2-3(5,6)4(7,8)9/h1-2H2. The van der Waals surface area contributed by atoms with Crippen molar-refractivity contribution in [3.8, 4) is 0 Å². The van der Waals surface area contributed by atoms with E-state index in [1.807, 2.05) is 0 Å². The van der Waals surface area contributed by atoms with Gasteiger partial charge in [-0.1, -0.05) is 11.6 Å². The zero-order chi connectivity index (χ0) is 8.41. The predicted molar refractivity (Wildman–Crippen MR) is 27.1 cm³/mol. The van der Waals surface area contributed by atoms with Gasteiger partial charge in [0.25, 0.3) is 0 Å². The molecule has 0 aliphatic heterocycles. The summed E-state index contributed by atoms with van der Waals surface area (Å²) in [7, 11) is 2.56. The minimum Gasteiger partial charge on any atom is -0.374 e. The van der Waals surface area contributed by atoms with Crippen LogP contribution in [-0.2, 0) is 4.74 Å². The number of halogens is 5. The van der Waals surface area contributed by atoms with Crippen LogP contribution >= 0.6 is 11.6 Å². The van der Waals surface area contributed by atoms with Gasteiger partial charge in [0.15, 0.2) is 0 Å². The van der Waals surface area contributed by atoms with E-state index in [4.69, 9.17) is 0 Å². The summed E-state index contributed by atoms with van der Waals surface area (Å²) in [5, 5.41) is -3.82. The molecule has 1 nitrogen and oxygen atoms in total. The van der Waals surface area contributed by atoms with Crippen LogP contribution in [0.25, 0.3) is 0 Å². The molecule has 0 amide bonds. The quantitative estimate of drug-likeness (QED) is 0.467. The van der Waals surface area contributed by atoms with E-state index in [1.165, 1.54) is 0 Å². The molecule has 0 fully saturated rings. The zero-order valence-electron chi connectivity index (χ0n) is 4.71. The van der Waals surface area contributed by atoms with E-state index >= 15 is 0 Å². The summed E-state index contributed by atoms with van der Waals surface area (Å²) in [6.07, 6.45) is -5.12. The van der Waals surface area contributed by atoms with E-state index in [0.29, 0.717) is 0 Å². The fraction of sp³-hybridized carbons (Fsp3) is 0.750. The monoisotopic (exact) mass is 179 g/mol. The van der Waals surface area contributed by atoms with Crippen LogP contribution in [0.3, 0.4) is 0 Å². The molecule has 0 saturated heterocycles. The first-order valence-electron chi connectivity index (χ1n) is 2.13. The summed E-state index contributed by atoms with van der Waals surface area (Å²) in [6, 6.07) is 0. The second-order valence-corrected chi connectivity index (χ2v) is 2.15. The highest BCUT2D eigenvalue weighted by atomic mass is 35.5. The van der Waals surface area contributed by atoms with Crippen molar-refractivity contribution in [2.45, 2.75) is 11.3 Å². The van der Waals surface area contributed by atoms with Gasteiger partial charge in [0.1, 0.15) is 6.61 Å². The topological polar surface area (TPSA) is 9.23 Å². The van der Waals surface area contributed by atoms with Crippen molar-refractivity contribution in [3.05, 3.63) is 7.11 Å². The highest BCUT2D eigenvalue weighted by Gasteiger charge is 2.55. The Bertz CT molecular complexity index is 110. The summed E-state index contributed by atoms with van der Waals surface area (Å²) in [6.45, 7) is -1.31. The second kappa shape index (κ2) is 2.92. The Labute approximate surface area is 59.9 Å². The molecular weight excluding hydrogens is 175 g/mol. The summed E-state index contributed by atoms with van der Waals surface area (Å²) >= 11 is 4.36. The third kappa shape index (κ3) is 2.30. The van der Waals surface area contributed by atoms with Gasteiger partial charge in [-0.2, -0.15) is 13.2 Å². The van der Waals surface area contributed by atoms with Gasteiger partial charge in [-0.05, 0) is 0 Å². The number of rotatable bonds is 2. The lowest BCUT2D eigenvalue weighted by molar-refractivity contribution is -0.208. The molecule has 0 aliphatic rings. The molecule has 0 heterocycles. The maximum absolute atomic E-state index is 12.1. The zero-order valence-corrected chi connectivity index (χ0v) is 5.47. The molecular formula is C4H4ClF4O. The molecule has 0 aliphatic carbocycles. The van der Waals surface area contributed by atoms with Crippen molar-refractivity contribution >= 4 is 11.6 Å². The highest BCUT2D eigenvalue weighted by molar-refractivity contribution is 6.23. The van der Waals surface area contributed by atoms with Gasteiger partial charge in [-0.25, -0.2) is 4.39 Å². The minimum atomic E-state index is -5.12. The van der Waals surface area contributed by atoms with Gasteiger partial charge in [0.05, 0.1) is 7.11 Å². The molecule has 1 radical (unpaired) electrons. The van der Waals surface area contributed by atoms with Gasteiger partial charge < -0.3 is 4.74 Å². The van der Waals surface area contributed by atoms with Gasteiger partial charge in [0, 0.05) is 0 Å². The largest absolute Gasteiger partial charge is 0.439 e. The highest BCUT2D eigenvalue weighted by Crippen LogP contribution is 2.37. The molecule has 0 N–H and O–H groups in total. The van der Waals surface area contributed by atoms with Crippen LogP contribution in [0.1, 0.15) is 0 Å². The summed E-state index contributed by atoms with van der Waals surface area (Å²) in [5.41, 5.74) is 0. The first-order valence-corrected chi connectivity index (χ1v) is 2.50. The van der Waals surface area contributed by atoms with Crippen LogP contribution in [0, 0.1) is 7.11 Å². The summed E-state index contributed by atoms with van der Waals surface area (Å²) in [4.78, 5) is 0. The van der Waals surface area contributed by atoms with E-state index in [9.17, 15) is 17.6 Å². The first kappa shape index (κ1) is 9.97. The van der Waals surface area contributed by atoms with Crippen LogP contribution in [0.2, 0.25) is 0 Å². The number of hydrogen-bond acceptors (Lipinski definition) is 1. The van der Waals surface area contributed by atoms with Crippen molar-refractivity contribution in [1.82, 2.24) is 0 Å². The van der Waals surface area contributed by atoms with Crippen molar-refractivity contribution in [2.75, 3.05) is 6.61 Å². The molecule has 10 heavy (non-hydrogen) atoms. The van der Waals surface area contributed by atoms with Crippen molar-refractivity contribution < 1.29 is 22.3 Å². The maximum Gasteiger partial charge on any atom is 0.439 e. The van der Waals surface area contributed by atoms with Crippen LogP contribution in [0.5, 0.6) is 0 Å². The Balaban J connectivity index is 4.10. The summed E-state index contributed by atoms with van der Waals surface area (Å²) < 4.78 is 49.9. The van der Waals surface area contributed by atoms with Crippen molar-refractivity contribution in [2.24, 2.45) is 0 Å². The third-order valence-corrected chi connectivity index (χ3v) is 1.02. The van der Waals surface area contributed by atoms with E-state index in [0.717, 1.165) is 0 Å². The normalized spacial score (nSPS) is 18.6. The predicted octanol–water partition coefficient (Wildman–Crippen LogP) is 2.26. The lowest BCUT2D eigenvalue weighted by atomic mass is 10.4. The summed E-state index contributed by atoms with van der Waals surface area (Å²) in [5.74, 6) is 0. The van der Waals surface area contributed by atoms with Crippen molar-refractivity contribution in [3.63, 3.8) is 0 Å². The molecule has 6 heteroatoms. The fourth-order valence-corrected chi connectivity index (χ4v) is 0.287. The average Bonchev–Trinajstić information content (AvgIpc) is 1.61. The van der Waals surface area contributed by atoms with Crippen molar-refractivity contribution in [1.29, 1.82) is 0 Å². The van der Waals surface area contributed by atoms with E-state index in [1.54, 1.807) is 0 Å². The van der Waals surface area contributed by atoms with Gasteiger partial charge in [-0.3, -0.25) is 0 Å². The molecule has 0 bridgehead atoms. The molecule has 1 unspecified atom stereocenters. The Hall–Kier alpha value is -0.0300. The Kier molecular flexibility index (Phi) is 2.91. The second-order valence-electron chi connectivity index (χ2n) is 1.55. The third-order valence-electron chi connectivity index (χ3n) is 0.698. The number of alkyl halides is 5. The van der Waals surface area contributed by atoms with Crippen LogP contribution < -0.4 is 0 Å².